The highest BCUT2D eigenvalue weighted by Crippen LogP contribution is 2.30. The molecule has 0 spiro atoms. The fraction of sp³-hybridized carbons (Fsp3) is 0.250. The first-order chi connectivity index (χ1) is 6.95. The third-order valence-electron chi connectivity index (χ3n) is 2.80. The Morgan fingerprint density at radius 1 is 1.14 bits per heavy atom. The molecule has 1 aliphatic carbocycles. The smallest absolute Gasteiger partial charge is 0.0995 e. The van der Waals surface area contributed by atoms with Crippen molar-refractivity contribution >= 4 is 11.8 Å². The van der Waals surface area contributed by atoms with Gasteiger partial charge in [0, 0.05) is 6.20 Å². The lowest BCUT2D eigenvalue weighted by Gasteiger charge is -2.16. The van der Waals surface area contributed by atoms with Gasteiger partial charge in [-0.05, 0) is 30.9 Å². The fourth-order valence-electron chi connectivity index (χ4n) is 2.15. The van der Waals surface area contributed by atoms with Gasteiger partial charge in [0.1, 0.15) is 0 Å². The average molecular weight is 184 g/mol. The summed E-state index contributed by atoms with van der Waals surface area (Å²) < 4.78 is 2.13. The second-order valence-corrected chi connectivity index (χ2v) is 3.72. The first-order valence-electron chi connectivity index (χ1n) is 5.05. The van der Waals surface area contributed by atoms with E-state index in [0.717, 1.165) is 6.42 Å². The molecule has 0 saturated heterocycles. The van der Waals surface area contributed by atoms with Gasteiger partial charge in [0.2, 0.25) is 0 Å². The normalized spacial score (nSPS) is 26.7. The Morgan fingerprint density at radius 2 is 2.14 bits per heavy atom. The number of nitrogens with zero attached hydrogens (tertiary/aromatic N) is 2. The highest BCUT2D eigenvalue weighted by Gasteiger charge is 2.18. The van der Waals surface area contributed by atoms with Crippen LogP contribution in [0.4, 0.5) is 0 Å². The SMILES string of the molecule is C1=C\C=C2\CCCc3ncn(c32)\C=C/1. The quantitative estimate of drug-likeness (QED) is 0.606. The molecule has 1 aliphatic heterocycles. The van der Waals surface area contributed by atoms with Crippen LogP contribution in [0, 0.1) is 0 Å². The molecule has 2 aliphatic rings. The third-order valence-corrected chi connectivity index (χ3v) is 2.80. The predicted octanol–water partition coefficient (Wildman–Crippen LogP) is 2.64. The maximum atomic E-state index is 4.44. The van der Waals surface area contributed by atoms with Crippen LogP contribution in [0.2, 0.25) is 0 Å². The van der Waals surface area contributed by atoms with Crippen LogP contribution in [-0.2, 0) is 6.42 Å². The Hall–Kier alpha value is -1.57. The lowest BCUT2D eigenvalue weighted by Crippen LogP contribution is -2.04. The Morgan fingerprint density at radius 3 is 3.14 bits per heavy atom. The molecule has 0 amide bonds. The van der Waals surface area contributed by atoms with E-state index in [1.54, 1.807) is 0 Å². The maximum Gasteiger partial charge on any atom is 0.0995 e. The summed E-state index contributed by atoms with van der Waals surface area (Å²) in [4.78, 5) is 4.44. The third kappa shape index (κ3) is 1.07. The van der Waals surface area contributed by atoms with Gasteiger partial charge in [-0.1, -0.05) is 18.2 Å². The van der Waals surface area contributed by atoms with E-state index in [0.29, 0.717) is 0 Å². The van der Waals surface area contributed by atoms with E-state index in [9.17, 15) is 0 Å². The van der Waals surface area contributed by atoms with Crippen LogP contribution in [0.25, 0.3) is 11.8 Å². The number of aryl methyl sites for hydroxylation is 1. The topological polar surface area (TPSA) is 17.8 Å². The van der Waals surface area contributed by atoms with Gasteiger partial charge in [0.25, 0.3) is 0 Å². The molecule has 70 valence electrons. The van der Waals surface area contributed by atoms with Crippen molar-refractivity contribution in [2.24, 2.45) is 0 Å². The predicted molar refractivity (Wildman–Crippen MR) is 57.6 cm³/mol. The van der Waals surface area contributed by atoms with Gasteiger partial charge in [-0.3, -0.25) is 0 Å². The van der Waals surface area contributed by atoms with E-state index in [4.69, 9.17) is 0 Å². The van der Waals surface area contributed by atoms with Gasteiger partial charge >= 0.3 is 0 Å². The molecule has 2 heterocycles. The van der Waals surface area contributed by atoms with E-state index in [1.165, 1.54) is 29.8 Å². The van der Waals surface area contributed by atoms with E-state index >= 15 is 0 Å². The fourth-order valence-corrected chi connectivity index (χ4v) is 2.15. The molecule has 0 atom stereocenters. The van der Waals surface area contributed by atoms with Gasteiger partial charge in [-0.25, -0.2) is 4.98 Å². The van der Waals surface area contributed by atoms with E-state index in [1.807, 2.05) is 12.4 Å². The van der Waals surface area contributed by atoms with Crippen LogP contribution >= 0.6 is 0 Å². The van der Waals surface area contributed by atoms with Crippen molar-refractivity contribution in [3.8, 4) is 0 Å². The minimum atomic E-state index is 1.12. The number of aromatic nitrogens is 2. The van der Waals surface area contributed by atoms with Gasteiger partial charge in [0.15, 0.2) is 0 Å². The molecule has 0 N–H and O–H groups in total. The van der Waals surface area contributed by atoms with Crippen LogP contribution in [0.1, 0.15) is 24.2 Å². The summed E-state index contributed by atoms with van der Waals surface area (Å²) in [5, 5.41) is 0. The lowest BCUT2D eigenvalue weighted by atomic mass is 9.94. The van der Waals surface area contributed by atoms with Crippen molar-refractivity contribution in [2.75, 3.05) is 0 Å². The summed E-state index contributed by atoms with van der Waals surface area (Å²) in [5.74, 6) is 0. The Bertz CT molecular complexity index is 447. The summed E-state index contributed by atoms with van der Waals surface area (Å²) in [6, 6.07) is 0. The van der Waals surface area contributed by atoms with Crippen molar-refractivity contribution in [1.29, 1.82) is 0 Å². The van der Waals surface area contributed by atoms with Crippen LogP contribution in [0.3, 0.4) is 0 Å². The molecule has 0 unspecified atom stereocenters. The summed E-state index contributed by atoms with van der Waals surface area (Å²) in [6.07, 6.45) is 15.9. The Balaban J connectivity index is 2.26. The molecular formula is C12H12N2. The summed E-state index contributed by atoms with van der Waals surface area (Å²) in [6.45, 7) is 0. The summed E-state index contributed by atoms with van der Waals surface area (Å²) in [5.41, 5.74) is 3.99. The molecule has 2 nitrogen and oxygen atoms in total. The molecule has 0 radical (unpaired) electrons. The zero-order valence-corrected chi connectivity index (χ0v) is 7.98. The number of hydrogen-bond acceptors (Lipinski definition) is 1. The van der Waals surface area contributed by atoms with Crippen molar-refractivity contribution in [3.63, 3.8) is 0 Å². The molecule has 1 aromatic heterocycles. The molecule has 0 saturated carbocycles. The second-order valence-electron chi connectivity index (χ2n) is 3.72. The van der Waals surface area contributed by atoms with Crippen LogP contribution in [0.5, 0.6) is 0 Å². The molecule has 3 rings (SSSR count). The summed E-state index contributed by atoms with van der Waals surface area (Å²) >= 11 is 0. The maximum absolute atomic E-state index is 4.44. The van der Waals surface area contributed by atoms with Gasteiger partial charge < -0.3 is 4.57 Å². The summed E-state index contributed by atoms with van der Waals surface area (Å²) in [7, 11) is 0. The van der Waals surface area contributed by atoms with Crippen molar-refractivity contribution in [1.82, 2.24) is 9.55 Å². The second kappa shape index (κ2) is 2.98. The molecule has 1 aromatic rings. The van der Waals surface area contributed by atoms with Crippen molar-refractivity contribution in [3.05, 3.63) is 42.0 Å². The van der Waals surface area contributed by atoms with Crippen LogP contribution in [-0.4, -0.2) is 9.55 Å². The Labute approximate surface area is 83.3 Å². The Kier molecular flexibility index (Phi) is 1.66. The van der Waals surface area contributed by atoms with Gasteiger partial charge in [-0.15, -0.1) is 0 Å². The highest BCUT2D eigenvalue weighted by molar-refractivity contribution is 5.70. The van der Waals surface area contributed by atoms with E-state index < -0.39 is 0 Å². The first kappa shape index (κ1) is 7.80. The largest absolute Gasteiger partial charge is 0.306 e. The molecule has 0 bridgehead atoms. The minimum absolute atomic E-state index is 1.12. The zero-order valence-electron chi connectivity index (χ0n) is 7.98. The molecule has 2 heteroatoms. The monoisotopic (exact) mass is 184 g/mol. The molecule has 0 aromatic carbocycles. The standard InChI is InChI=1S/C12H12N2/c1-2-5-10-6-4-7-11-12(10)14(8-3-1)9-13-11/h1-3,5,8-9H,4,6-7H2/b2-1-,8-3-,10-5-. The average Bonchev–Trinajstić information content (AvgIpc) is 2.57. The highest BCUT2D eigenvalue weighted by atomic mass is 15.0. The molecular weight excluding hydrogens is 172 g/mol. The van der Waals surface area contributed by atoms with E-state index in [-0.39, 0.29) is 0 Å². The minimum Gasteiger partial charge on any atom is -0.306 e. The van der Waals surface area contributed by atoms with Gasteiger partial charge in [-0.2, -0.15) is 0 Å². The lowest BCUT2D eigenvalue weighted by molar-refractivity contribution is 0.796. The number of imidazole rings is 1. The molecule has 0 fully saturated rings. The van der Waals surface area contributed by atoms with E-state index in [2.05, 4.69) is 34.0 Å². The van der Waals surface area contributed by atoms with Crippen molar-refractivity contribution < 1.29 is 0 Å². The van der Waals surface area contributed by atoms with Crippen LogP contribution in [0.15, 0.2) is 30.6 Å². The first-order valence-corrected chi connectivity index (χ1v) is 5.05. The number of hydrogen-bond donors (Lipinski definition) is 0. The van der Waals surface area contributed by atoms with Crippen molar-refractivity contribution in [2.45, 2.75) is 19.3 Å². The number of allylic oxidation sites excluding steroid dienone is 5. The van der Waals surface area contributed by atoms with Crippen LogP contribution < -0.4 is 0 Å². The zero-order chi connectivity index (χ0) is 9.38. The molecule has 14 heavy (non-hydrogen) atoms. The number of rotatable bonds is 0. The van der Waals surface area contributed by atoms with Gasteiger partial charge in [0.05, 0.1) is 17.7 Å².